The smallest absolute Gasteiger partial charge is 0.227 e. The van der Waals surface area contributed by atoms with Gasteiger partial charge in [-0.15, -0.1) is 0 Å². The summed E-state index contributed by atoms with van der Waals surface area (Å²) in [7, 11) is 1.89. The number of benzene rings is 1. The van der Waals surface area contributed by atoms with Crippen LogP contribution in [0.25, 0.3) is 0 Å². The van der Waals surface area contributed by atoms with E-state index >= 15 is 0 Å². The average molecular weight is 314 g/mol. The number of rotatable bonds is 4. The lowest BCUT2D eigenvalue weighted by Crippen LogP contribution is -2.37. The molecule has 0 radical (unpaired) electrons. The van der Waals surface area contributed by atoms with Gasteiger partial charge in [0.25, 0.3) is 0 Å². The normalized spacial score (nSPS) is 21.9. The van der Waals surface area contributed by atoms with Crippen LogP contribution in [0.4, 0.5) is 5.69 Å². The zero-order chi connectivity index (χ0) is 16.4. The van der Waals surface area contributed by atoms with Gasteiger partial charge < -0.3 is 9.80 Å². The zero-order valence-electron chi connectivity index (χ0n) is 14.1. The predicted octanol–water partition coefficient (Wildman–Crippen LogP) is 3.00. The number of carbonyl (C=O) groups is 2. The van der Waals surface area contributed by atoms with Gasteiger partial charge in [-0.1, -0.05) is 30.5 Å². The van der Waals surface area contributed by atoms with E-state index in [2.05, 4.69) is 0 Å². The molecule has 1 aliphatic heterocycles. The standard InChI is InChI=1S/C19H26N2O2/c1-14-7-9-17(10-8-14)21-13-16(11-18(21)22)19(23)20(2)12-15-5-3-4-6-15/h7-10,15-16H,3-6,11-13H2,1-2H3. The highest BCUT2D eigenvalue weighted by atomic mass is 16.2. The molecule has 3 rings (SSSR count). The third-order valence-electron chi connectivity index (χ3n) is 5.20. The topological polar surface area (TPSA) is 40.6 Å². The van der Waals surface area contributed by atoms with Crippen LogP contribution in [0.15, 0.2) is 24.3 Å². The molecule has 1 saturated heterocycles. The van der Waals surface area contributed by atoms with Gasteiger partial charge in [-0.2, -0.15) is 0 Å². The number of anilines is 1. The molecule has 1 unspecified atom stereocenters. The second-order valence-electron chi connectivity index (χ2n) is 7.11. The van der Waals surface area contributed by atoms with E-state index in [0.29, 0.717) is 18.9 Å². The van der Waals surface area contributed by atoms with Gasteiger partial charge in [0.15, 0.2) is 0 Å². The Morgan fingerprint density at radius 1 is 1.22 bits per heavy atom. The van der Waals surface area contributed by atoms with Crippen molar-refractivity contribution < 1.29 is 9.59 Å². The minimum atomic E-state index is -0.199. The zero-order valence-corrected chi connectivity index (χ0v) is 14.1. The van der Waals surface area contributed by atoms with Gasteiger partial charge >= 0.3 is 0 Å². The summed E-state index contributed by atoms with van der Waals surface area (Å²) in [5.41, 5.74) is 2.07. The molecule has 2 fully saturated rings. The van der Waals surface area contributed by atoms with Crippen molar-refractivity contribution in [2.75, 3.05) is 25.0 Å². The Morgan fingerprint density at radius 3 is 2.52 bits per heavy atom. The number of carbonyl (C=O) groups excluding carboxylic acids is 2. The van der Waals surface area contributed by atoms with Crippen molar-refractivity contribution >= 4 is 17.5 Å². The molecule has 124 valence electrons. The predicted molar refractivity (Wildman–Crippen MR) is 91.2 cm³/mol. The minimum absolute atomic E-state index is 0.0569. The molecule has 1 aliphatic carbocycles. The lowest BCUT2D eigenvalue weighted by molar-refractivity contribution is -0.135. The van der Waals surface area contributed by atoms with Crippen molar-refractivity contribution in [2.45, 2.75) is 39.0 Å². The molecule has 4 nitrogen and oxygen atoms in total. The van der Waals surface area contributed by atoms with Gasteiger partial charge in [0.05, 0.1) is 5.92 Å². The van der Waals surface area contributed by atoms with Crippen LogP contribution < -0.4 is 4.90 Å². The molecule has 4 heteroatoms. The van der Waals surface area contributed by atoms with Crippen LogP contribution in [0.2, 0.25) is 0 Å². The fourth-order valence-corrected chi connectivity index (χ4v) is 3.83. The first-order valence-electron chi connectivity index (χ1n) is 8.66. The quantitative estimate of drug-likeness (QED) is 0.857. The van der Waals surface area contributed by atoms with Crippen molar-refractivity contribution in [2.24, 2.45) is 11.8 Å². The minimum Gasteiger partial charge on any atom is -0.345 e. The second-order valence-corrected chi connectivity index (χ2v) is 7.11. The van der Waals surface area contributed by atoms with E-state index < -0.39 is 0 Å². The summed E-state index contributed by atoms with van der Waals surface area (Å²) in [6, 6.07) is 7.93. The van der Waals surface area contributed by atoms with E-state index in [0.717, 1.165) is 12.2 Å². The van der Waals surface area contributed by atoms with Gasteiger partial charge in [0, 0.05) is 32.2 Å². The third-order valence-corrected chi connectivity index (χ3v) is 5.20. The number of amides is 2. The van der Waals surface area contributed by atoms with Crippen LogP contribution >= 0.6 is 0 Å². The maximum atomic E-state index is 12.7. The van der Waals surface area contributed by atoms with Gasteiger partial charge in [0.2, 0.25) is 11.8 Å². The molecule has 1 saturated carbocycles. The Balaban J connectivity index is 1.61. The molecule has 2 amide bonds. The maximum Gasteiger partial charge on any atom is 0.227 e. The van der Waals surface area contributed by atoms with E-state index in [-0.39, 0.29) is 17.7 Å². The van der Waals surface area contributed by atoms with E-state index in [1.807, 2.05) is 43.1 Å². The molecule has 1 aromatic carbocycles. The van der Waals surface area contributed by atoms with Gasteiger partial charge in [-0.25, -0.2) is 0 Å². The summed E-state index contributed by atoms with van der Waals surface area (Å²) in [5.74, 6) is 0.630. The summed E-state index contributed by atoms with van der Waals surface area (Å²) in [6.07, 6.45) is 5.38. The van der Waals surface area contributed by atoms with Crippen LogP contribution in [0, 0.1) is 18.8 Å². The van der Waals surface area contributed by atoms with Crippen LogP contribution in [0.5, 0.6) is 0 Å². The Hall–Kier alpha value is -1.84. The maximum absolute atomic E-state index is 12.7. The summed E-state index contributed by atoms with van der Waals surface area (Å²) >= 11 is 0. The largest absolute Gasteiger partial charge is 0.345 e. The number of aryl methyl sites for hydroxylation is 1. The summed E-state index contributed by atoms with van der Waals surface area (Å²) in [6.45, 7) is 3.38. The van der Waals surface area contributed by atoms with Crippen LogP contribution in [-0.2, 0) is 9.59 Å². The van der Waals surface area contributed by atoms with E-state index in [9.17, 15) is 9.59 Å². The number of hydrogen-bond donors (Lipinski definition) is 0. The lowest BCUT2D eigenvalue weighted by Gasteiger charge is -2.24. The highest BCUT2D eigenvalue weighted by molar-refractivity contribution is 6.00. The van der Waals surface area contributed by atoms with Crippen LogP contribution in [0.3, 0.4) is 0 Å². The Kier molecular flexibility index (Phi) is 4.69. The average Bonchev–Trinajstić information content (AvgIpc) is 3.17. The first-order chi connectivity index (χ1) is 11.0. The van der Waals surface area contributed by atoms with Gasteiger partial charge in [-0.05, 0) is 37.8 Å². The first-order valence-corrected chi connectivity index (χ1v) is 8.66. The summed E-state index contributed by atoms with van der Waals surface area (Å²) in [4.78, 5) is 28.6. The fraction of sp³-hybridized carbons (Fsp3) is 0.579. The van der Waals surface area contributed by atoms with Crippen molar-refractivity contribution in [3.05, 3.63) is 29.8 Å². The summed E-state index contributed by atoms with van der Waals surface area (Å²) in [5, 5.41) is 0. The molecule has 0 bridgehead atoms. The van der Waals surface area contributed by atoms with Gasteiger partial charge in [-0.3, -0.25) is 9.59 Å². The molecule has 1 heterocycles. The molecule has 0 aromatic heterocycles. The van der Waals surface area contributed by atoms with Crippen molar-refractivity contribution in [3.8, 4) is 0 Å². The lowest BCUT2D eigenvalue weighted by atomic mass is 10.0. The SMILES string of the molecule is Cc1ccc(N2CC(C(=O)N(C)CC3CCCC3)CC2=O)cc1. The molecular formula is C19H26N2O2. The molecule has 1 aromatic rings. The highest BCUT2D eigenvalue weighted by Gasteiger charge is 2.36. The number of nitrogens with zero attached hydrogens (tertiary/aromatic N) is 2. The van der Waals surface area contributed by atoms with Crippen molar-refractivity contribution in [1.82, 2.24) is 4.90 Å². The third kappa shape index (κ3) is 3.57. The molecule has 23 heavy (non-hydrogen) atoms. The molecule has 1 atom stereocenters. The highest BCUT2D eigenvalue weighted by Crippen LogP contribution is 2.28. The Bertz CT molecular complexity index is 576. The van der Waals surface area contributed by atoms with Gasteiger partial charge in [0.1, 0.15) is 0 Å². The summed E-state index contributed by atoms with van der Waals surface area (Å²) < 4.78 is 0. The molecule has 0 N–H and O–H groups in total. The first kappa shape index (κ1) is 16.0. The molecular weight excluding hydrogens is 288 g/mol. The monoisotopic (exact) mass is 314 g/mol. The fourth-order valence-electron chi connectivity index (χ4n) is 3.83. The van der Waals surface area contributed by atoms with E-state index in [1.165, 1.54) is 31.2 Å². The molecule has 0 spiro atoms. The van der Waals surface area contributed by atoms with E-state index in [1.54, 1.807) is 4.90 Å². The Labute approximate surface area is 138 Å². The van der Waals surface area contributed by atoms with Crippen molar-refractivity contribution in [3.63, 3.8) is 0 Å². The molecule has 2 aliphatic rings. The van der Waals surface area contributed by atoms with E-state index in [4.69, 9.17) is 0 Å². The number of hydrogen-bond acceptors (Lipinski definition) is 2. The Morgan fingerprint density at radius 2 is 1.87 bits per heavy atom. The van der Waals surface area contributed by atoms with Crippen molar-refractivity contribution in [1.29, 1.82) is 0 Å². The second kappa shape index (κ2) is 6.73. The van der Waals surface area contributed by atoms with Crippen LogP contribution in [0.1, 0.15) is 37.7 Å². The van der Waals surface area contributed by atoms with Crippen LogP contribution in [-0.4, -0.2) is 36.9 Å².